The van der Waals surface area contributed by atoms with E-state index < -0.39 is 0 Å². The summed E-state index contributed by atoms with van der Waals surface area (Å²) in [4.78, 5) is 13.3. The maximum atomic E-state index is 5.97. The topological polar surface area (TPSA) is 58.3 Å². The van der Waals surface area contributed by atoms with Crippen LogP contribution in [0.2, 0.25) is 0 Å². The summed E-state index contributed by atoms with van der Waals surface area (Å²) in [6.45, 7) is 6.00. The zero-order chi connectivity index (χ0) is 14.7. The van der Waals surface area contributed by atoms with Crippen LogP contribution in [0.5, 0.6) is 0 Å². The SMILES string of the molecule is CCc1c(N)ncnc1N1CCN(c2ccccc2)CC1. The summed E-state index contributed by atoms with van der Waals surface area (Å²) in [5.74, 6) is 1.60. The van der Waals surface area contributed by atoms with Gasteiger partial charge in [-0.05, 0) is 18.6 Å². The molecule has 1 aromatic heterocycles. The highest BCUT2D eigenvalue weighted by Gasteiger charge is 2.21. The first-order chi connectivity index (χ1) is 10.3. The van der Waals surface area contributed by atoms with E-state index in [1.54, 1.807) is 6.33 Å². The van der Waals surface area contributed by atoms with E-state index in [4.69, 9.17) is 5.73 Å². The van der Waals surface area contributed by atoms with Gasteiger partial charge in [-0.2, -0.15) is 0 Å². The third-order valence-electron chi connectivity index (χ3n) is 4.01. The molecule has 1 aromatic carbocycles. The van der Waals surface area contributed by atoms with Crippen LogP contribution in [0.25, 0.3) is 0 Å². The molecule has 5 nitrogen and oxygen atoms in total. The molecule has 0 bridgehead atoms. The predicted octanol–water partition coefficient (Wildman–Crippen LogP) is 1.95. The van der Waals surface area contributed by atoms with Crippen LogP contribution in [0.4, 0.5) is 17.3 Å². The molecule has 2 heterocycles. The van der Waals surface area contributed by atoms with Gasteiger partial charge in [0, 0.05) is 37.4 Å². The van der Waals surface area contributed by atoms with Crippen LogP contribution >= 0.6 is 0 Å². The van der Waals surface area contributed by atoms with Crippen molar-refractivity contribution >= 4 is 17.3 Å². The number of nitrogens with zero attached hydrogens (tertiary/aromatic N) is 4. The van der Waals surface area contributed by atoms with E-state index in [1.807, 2.05) is 0 Å². The van der Waals surface area contributed by atoms with Crippen LogP contribution in [0, 0.1) is 0 Å². The highest BCUT2D eigenvalue weighted by molar-refractivity contribution is 5.58. The number of para-hydroxylation sites is 1. The minimum Gasteiger partial charge on any atom is -0.383 e. The Morgan fingerprint density at radius 2 is 1.67 bits per heavy atom. The highest BCUT2D eigenvalue weighted by atomic mass is 15.3. The number of benzene rings is 1. The maximum Gasteiger partial charge on any atom is 0.137 e. The molecule has 0 unspecified atom stereocenters. The van der Waals surface area contributed by atoms with Crippen molar-refractivity contribution in [2.75, 3.05) is 41.7 Å². The Balaban J connectivity index is 1.73. The first kappa shape index (κ1) is 13.7. The number of piperazine rings is 1. The van der Waals surface area contributed by atoms with E-state index in [2.05, 4.69) is 57.0 Å². The third kappa shape index (κ3) is 2.77. The van der Waals surface area contributed by atoms with Crippen LogP contribution in [0.15, 0.2) is 36.7 Å². The summed E-state index contributed by atoms with van der Waals surface area (Å²) in [6, 6.07) is 10.5. The lowest BCUT2D eigenvalue weighted by Crippen LogP contribution is -2.47. The van der Waals surface area contributed by atoms with E-state index in [-0.39, 0.29) is 0 Å². The molecule has 1 aliphatic heterocycles. The Hall–Kier alpha value is -2.30. The lowest BCUT2D eigenvalue weighted by Gasteiger charge is -2.37. The number of aromatic nitrogens is 2. The molecule has 2 N–H and O–H groups in total. The molecule has 0 radical (unpaired) electrons. The molecule has 1 fully saturated rings. The van der Waals surface area contributed by atoms with E-state index in [0.717, 1.165) is 44.0 Å². The molecule has 1 aliphatic rings. The standard InChI is InChI=1S/C16H21N5/c1-2-14-15(17)18-12-19-16(14)21-10-8-20(9-11-21)13-6-4-3-5-7-13/h3-7,12H,2,8-11H2,1H3,(H2,17,18,19). The summed E-state index contributed by atoms with van der Waals surface area (Å²) < 4.78 is 0. The van der Waals surface area contributed by atoms with Gasteiger partial charge < -0.3 is 15.5 Å². The van der Waals surface area contributed by atoms with Crippen LogP contribution < -0.4 is 15.5 Å². The number of nitrogen functional groups attached to an aromatic ring is 1. The Morgan fingerprint density at radius 1 is 1.00 bits per heavy atom. The summed E-state index contributed by atoms with van der Waals surface area (Å²) in [5, 5.41) is 0. The van der Waals surface area contributed by atoms with Crippen LogP contribution in [-0.4, -0.2) is 36.1 Å². The van der Waals surface area contributed by atoms with Crippen molar-refractivity contribution in [3.05, 3.63) is 42.2 Å². The van der Waals surface area contributed by atoms with Gasteiger partial charge in [0.25, 0.3) is 0 Å². The highest BCUT2D eigenvalue weighted by Crippen LogP contribution is 2.24. The molecular formula is C16H21N5. The molecule has 0 spiro atoms. The van der Waals surface area contributed by atoms with E-state index in [1.165, 1.54) is 5.69 Å². The van der Waals surface area contributed by atoms with E-state index in [0.29, 0.717) is 5.82 Å². The minimum absolute atomic E-state index is 0.605. The molecule has 0 atom stereocenters. The molecule has 5 heteroatoms. The van der Waals surface area contributed by atoms with Crippen molar-refractivity contribution in [2.24, 2.45) is 0 Å². The average Bonchev–Trinajstić information content (AvgIpc) is 2.55. The van der Waals surface area contributed by atoms with Crippen molar-refractivity contribution in [1.29, 1.82) is 0 Å². The molecule has 1 saturated heterocycles. The fourth-order valence-electron chi connectivity index (χ4n) is 2.84. The molecule has 3 rings (SSSR count). The first-order valence-electron chi connectivity index (χ1n) is 7.44. The molecule has 110 valence electrons. The van der Waals surface area contributed by atoms with Gasteiger partial charge in [-0.15, -0.1) is 0 Å². The fraction of sp³-hybridized carbons (Fsp3) is 0.375. The fourth-order valence-corrected chi connectivity index (χ4v) is 2.84. The second-order valence-corrected chi connectivity index (χ2v) is 5.22. The molecule has 2 aromatic rings. The van der Waals surface area contributed by atoms with Crippen LogP contribution in [0.1, 0.15) is 12.5 Å². The normalized spacial score (nSPS) is 15.3. The van der Waals surface area contributed by atoms with Gasteiger partial charge in [-0.3, -0.25) is 0 Å². The molecule has 0 saturated carbocycles. The van der Waals surface area contributed by atoms with Gasteiger partial charge >= 0.3 is 0 Å². The summed E-state index contributed by atoms with van der Waals surface area (Å²) >= 11 is 0. The lowest BCUT2D eigenvalue weighted by atomic mass is 10.2. The number of hydrogen-bond acceptors (Lipinski definition) is 5. The van der Waals surface area contributed by atoms with Gasteiger partial charge in [0.1, 0.15) is 18.0 Å². The van der Waals surface area contributed by atoms with Crippen LogP contribution in [0.3, 0.4) is 0 Å². The minimum atomic E-state index is 0.605. The molecular weight excluding hydrogens is 262 g/mol. The Bertz CT molecular complexity index is 591. The number of anilines is 3. The smallest absolute Gasteiger partial charge is 0.137 e. The predicted molar refractivity (Wildman–Crippen MR) is 86.7 cm³/mol. The molecule has 0 amide bonds. The second-order valence-electron chi connectivity index (χ2n) is 5.22. The van der Waals surface area contributed by atoms with Gasteiger partial charge in [0.05, 0.1) is 0 Å². The zero-order valence-electron chi connectivity index (χ0n) is 12.4. The second kappa shape index (κ2) is 5.99. The Morgan fingerprint density at radius 3 is 2.33 bits per heavy atom. The van der Waals surface area contributed by atoms with Crippen LogP contribution in [-0.2, 0) is 6.42 Å². The van der Waals surface area contributed by atoms with Crippen molar-refractivity contribution in [1.82, 2.24) is 9.97 Å². The summed E-state index contributed by atoms with van der Waals surface area (Å²) in [7, 11) is 0. The summed E-state index contributed by atoms with van der Waals surface area (Å²) in [6.07, 6.45) is 2.42. The van der Waals surface area contributed by atoms with Crippen molar-refractivity contribution < 1.29 is 0 Å². The Labute approximate surface area is 125 Å². The monoisotopic (exact) mass is 283 g/mol. The maximum absolute atomic E-state index is 5.97. The average molecular weight is 283 g/mol. The summed E-state index contributed by atoms with van der Waals surface area (Å²) in [5.41, 5.74) is 8.32. The Kier molecular flexibility index (Phi) is 3.90. The van der Waals surface area contributed by atoms with Crippen molar-refractivity contribution in [2.45, 2.75) is 13.3 Å². The number of hydrogen-bond donors (Lipinski definition) is 1. The van der Waals surface area contributed by atoms with E-state index in [9.17, 15) is 0 Å². The van der Waals surface area contributed by atoms with Crippen molar-refractivity contribution in [3.63, 3.8) is 0 Å². The number of nitrogens with two attached hydrogens (primary N) is 1. The van der Waals surface area contributed by atoms with E-state index >= 15 is 0 Å². The third-order valence-corrected chi connectivity index (χ3v) is 4.01. The first-order valence-corrected chi connectivity index (χ1v) is 7.44. The number of rotatable bonds is 3. The quantitative estimate of drug-likeness (QED) is 0.933. The van der Waals surface area contributed by atoms with Gasteiger partial charge in [0.15, 0.2) is 0 Å². The molecule has 0 aliphatic carbocycles. The largest absolute Gasteiger partial charge is 0.383 e. The van der Waals surface area contributed by atoms with Gasteiger partial charge in [0.2, 0.25) is 0 Å². The lowest BCUT2D eigenvalue weighted by molar-refractivity contribution is 0.644. The van der Waals surface area contributed by atoms with Gasteiger partial charge in [-0.1, -0.05) is 25.1 Å². The van der Waals surface area contributed by atoms with Crippen molar-refractivity contribution in [3.8, 4) is 0 Å². The molecule has 21 heavy (non-hydrogen) atoms. The zero-order valence-corrected chi connectivity index (χ0v) is 12.4. The van der Waals surface area contributed by atoms with Gasteiger partial charge in [-0.25, -0.2) is 9.97 Å².